The lowest BCUT2D eigenvalue weighted by Crippen LogP contribution is -2.29. The third-order valence-corrected chi connectivity index (χ3v) is 6.21. The molecular formula is C26H22ClN3O6. The maximum absolute atomic E-state index is 13.3. The molecule has 0 bridgehead atoms. The summed E-state index contributed by atoms with van der Waals surface area (Å²) in [5.74, 6) is -1.92. The molecule has 1 aliphatic heterocycles. The molecule has 1 fully saturated rings. The Morgan fingerprint density at radius 2 is 1.78 bits per heavy atom. The molecule has 4 rings (SSSR count). The summed E-state index contributed by atoms with van der Waals surface area (Å²) in [5, 5.41) is 22.7. The number of aliphatic hydroxyl groups excluding tert-OH is 1. The van der Waals surface area contributed by atoms with Gasteiger partial charge in [-0.15, -0.1) is 0 Å². The Kier molecular flexibility index (Phi) is 6.67. The highest BCUT2D eigenvalue weighted by atomic mass is 35.5. The number of carbonyl (C=O) groups excluding carboxylic acids is 2. The minimum absolute atomic E-state index is 0.0462. The smallest absolute Gasteiger partial charge is 0.300 e. The van der Waals surface area contributed by atoms with Gasteiger partial charge in [-0.3, -0.25) is 24.6 Å². The molecule has 0 saturated carbocycles. The van der Waals surface area contributed by atoms with Gasteiger partial charge < -0.3 is 14.7 Å². The van der Waals surface area contributed by atoms with Crippen molar-refractivity contribution < 1.29 is 24.4 Å². The molecule has 0 spiro atoms. The number of amides is 1. The van der Waals surface area contributed by atoms with Gasteiger partial charge in [0.25, 0.3) is 17.4 Å². The Labute approximate surface area is 211 Å². The molecule has 1 heterocycles. The van der Waals surface area contributed by atoms with Gasteiger partial charge >= 0.3 is 0 Å². The molecule has 1 N–H and O–H groups in total. The maximum atomic E-state index is 13.3. The number of hydrogen-bond acceptors (Lipinski definition) is 7. The summed E-state index contributed by atoms with van der Waals surface area (Å²) < 4.78 is 5.19. The van der Waals surface area contributed by atoms with Crippen molar-refractivity contribution in [3.8, 4) is 5.75 Å². The first-order valence-corrected chi connectivity index (χ1v) is 11.2. The Bertz CT molecular complexity index is 1400. The highest BCUT2D eigenvalue weighted by Crippen LogP contribution is 2.44. The summed E-state index contributed by atoms with van der Waals surface area (Å²) in [6, 6.07) is 16.1. The number of benzene rings is 3. The first kappa shape index (κ1) is 24.7. The van der Waals surface area contributed by atoms with Crippen molar-refractivity contribution in [1.29, 1.82) is 0 Å². The third-order valence-electron chi connectivity index (χ3n) is 5.91. The van der Waals surface area contributed by atoms with Gasteiger partial charge in [-0.05, 0) is 35.9 Å². The Balaban J connectivity index is 1.94. The van der Waals surface area contributed by atoms with Crippen molar-refractivity contribution in [2.45, 2.75) is 6.04 Å². The van der Waals surface area contributed by atoms with Crippen molar-refractivity contribution in [3.63, 3.8) is 0 Å². The van der Waals surface area contributed by atoms with Crippen molar-refractivity contribution in [3.05, 3.63) is 98.6 Å². The van der Waals surface area contributed by atoms with E-state index >= 15 is 0 Å². The summed E-state index contributed by atoms with van der Waals surface area (Å²) >= 11 is 6.30. The first-order chi connectivity index (χ1) is 17.1. The van der Waals surface area contributed by atoms with E-state index in [1.165, 1.54) is 36.3 Å². The molecule has 3 aromatic carbocycles. The number of ketones is 1. The lowest BCUT2D eigenvalue weighted by Gasteiger charge is -2.26. The van der Waals surface area contributed by atoms with E-state index in [4.69, 9.17) is 16.3 Å². The standard InChI is InChI=1S/C26H22ClN3O6/c1-28(2)17-9-7-15(8-10-17)23-22(24(31)16-5-4-6-19(13-16)30(34)35)25(32)26(33)29(23)18-11-12-21(36-3)20(27)14-18/h4-14,23,31H,1-3H3/b24-22+. The number of methoxy groups -OCH3 is 1. The van der Waals surface area contributed by atoms with E-state index in [1.54, 1.807) is 24.3 Å². The zero-order chi connectivity index (χ0) is 26.1. The van der Waals surface area contributed by atoms with E-state index in [0.29, 0.717) is 17.0 Å². The van der Waals surface area contributed by atoms with Crippen LogP contribution in [0.1, 0.15) is 17.2 Å². The molecular weight excluding hydrogens is 486 g/mol. The van der Waals surface area contributed by atoms with E-state index in [2.05, 4.69) is 0 Å². The van der Waals surface area contributed by atoms with Crippen LogP contribution in [0, 0.1) is 10.1 Å². The normalized spacial score (nSPS) is 16.8. The number of Topliss-reactive ketones (excluding diaryl/α,β-unsaturated/α-hetero) is 1. The van der Waals surface area contributed by atoms with Crippen LogP contribution in [0.2, 0.25) is 5.02 Å². The zero-order valence-electron chi connectivity index (χ0n) is 19.6. The fourth-order valence-corrected chi connectivity index (χ4v) is 4.35. The Morgan fingerprint density at radius 3 is 2.36 bits per heavy atom. The molecule has 1 aliphatic rings. The molecule has 36 heavy (non-hydrogen) atoms. The van der Waals surface area contributed by atoms with Crippen LogP contribution in [0.5, 0.6) is 5.75 Å². The number of hydrogen-bond donors (Lipinski definition) is 1. The van der Waals surface area contributed by atoms with Gasteiger partial charge in [-0.2, -0.15) is 0 Å². The highest BCUT2D eigenvalue weighted by molar-refractivity contribution is 6.51. The van der Waals surface area contributed by atoms with Gasteiger partial charge in [0.1, 0.15) is 11.5 Å². The number of nitrogens with zero attached hydrogens (tertiary/aromatic N) is 3. The molecule has 1 amide bonds. The molecule has 1 saturated heterocycles. The van der Waals surface area contributed by atoms with Crippen LogP contribution in [0.3, 0.4) is 0 Å². The predicted molar refractivity (Wildman–Crippen MR) is 137 cm³/mol. The zero-order valence-corrected chi connectivity index (χ0v) is 20.4. The van der Waals surface area contributed by atoms with Crippen LogP contribution >= 0.6 is 11.6 Å². The van der Waals surface area contributed by atoms with E-state index in [1.807, 2.05) is 31.1 Å². The van der Waals surface area contributed by atoms with Crippen LogP contribution in [0.25, 0.3) is 5.76 Å². The van der Waals surface area contributed by atoms with Gasteiger partial charge in [0.2, 0.25) is 0 Å². The van der Waals surface area contributed by atoms with Crippen LogP contribution in [-0.4, -0.2) is 42.9 Å². The average Bonchev–Trinajstić information content (AvgIpc) is 3.13. The quantitative estimate of drug-likeness (QED) is 0.165. The van der Waals surface area contributed by atoms with Crippen LogP contribution in [-0.2, 0) is 9.59 Å². The maximum Gasteiger partial charge on any atom is 0.300 e. The number of carbonyl (C=O) groups is 2. The number of halogens is 1. The summed E-state index contributed by atoms with van der Waals surface area (Å²) in [4.78, 5) is 40.4. The molecule has 10 heteroatoms. The second-order valence-corrected chi connectivity index (χ2v) is 8.69. The van der Waals surface area contributed by atoms with Crippen LogP contribution in [0.4, 0.5) is 17.1 Å². The molecule has 3 aromatic rings. The lowest BCUT2D eigenvalue weighted by atomic mass is 9.94. The van der Waals surface area contributed by atoms with E-state index in [9.17, 15) is 24.8 Å². The van der Waals surface area contributed by atoms with E-state index in [0.717, 1.165) is 11.8 Å². The summed E-state index contributed by atoms with van der Waals surface area (Å²) in [6.45, 7) is 0. The molecule has 1 unspecified atom stereocenters. The molecule has 9 nitrogen and oxygen atoms in total. The second-order valence-electron chi connectivity index (χ2n) is 8.28. The molecule has 1 atom stereocenters. The molecule has 0 aliphatic carbocycles. The average molecular weight is 508 g/mol. The fraction of sp³-hybridized carbons (Fsp3) is 0.154. The number of nitro benzene ring substituents is 1. The number of non-ortho nitro benzene ring substituents is 1. The topological polar surface area (TPSA) is 113 Å². The number of aliphatic hydroxyl groups is 1. The summed E-state index contributed by atoms with van der Waals surface area (Å²) in [7, 11) is 5.21. The first-order valence-electron chi connectivity index (χ1n) is 10.8. The van der Waals surface area contributed by atoms with Gasteiger partial charge in [0, 0.05) is 43.2 Å². The Morgan fingerprint density at radius 1 is 1.08 bits per heavy atom. The summed E-state index contributed by atoms with van der Waals surface area (Å²) in [6.07, 6.45) is 0. The number of nitro groups is 1. The van der Waals surface area contributed by atoms with Crippen LogP contribution < -0.4 is 14.5 Å². The van der Waals surface area contributed by atoms with Gasteiger partial charge in [-0.25, -0.2) is 0 Å². The Hall–Kier alpha value is -4.37. The number of anilines is 2. The molecule has 184 valence electrons. The number of ether oxygens (including phenoxy) is 1. The van der Waals surface area contributed by atoms with Crippen molar-refractivity contribution in [1.82, 2.24) is 0 Å². The minimum atomic E-state index is -1.01. The predicted octanol–water partition coefficient (Wildman–Crippen LogP) is 4.95. The summed E-state index contributed by atoms with van der Waals surface area (Å²) in [5.41, 5.74) is 1.36. The lowest BCUT2D eigenvalue weighted by molar-refractivity contribution is -0.384. The van der Waals surface area contributed by atoms with Gasteiger partial charge in [-0.1, -0.05) is 35.9 Å². The molecule has 0 aromatic heterocycles. The number of rotatable bonds is 6. The van der Waals surface area contributed by atoms with E-state index < -0.39 is 28.4 Å². The molecule has 0 radical (unpaired) electrons. The fourth-order valence-electron chi connectivity index (χ4n) is 4.10. The van der Waals surface area contributed by atoms with E-state index in [-0.39, 0.29) is 21.8 Å². The van der Waals surface area contributed by atoms with Crippen LogP contribution in [0.15, 0.2) is 72.3 Å². The minimum Gasteiger partial charge on any atom is -0.507 e. The van der Waals surface area contributed by atoms with Gasteiger partial charge in [0.15, 0.2) is 0 Å². The van der Waals surface area contributed by atoms with Crippen molar-refractivity contribution in [2.75, 3.05) is 31.0 Å². The SMILES string of the molecule is COc1ccc(N2C(=O)C(=O)/C(=C(/O)c3cccc([N+](=O)[O-])c3)C2c2ccc(N(C)C)cc2)cc1Cl. The van der Waals surface area contributed by atoms with Crippen molar-refractivity contribution in [2.24, 2.45) is 0 Å². The highest BCUT2D eigenvalue weighted by Gasteiger charge is 2.47. The van der Waals surface area contributed by atoms with Crippen molar-refractivity contribution >= 4 is 46.1 Å². The second kappa shape index (κ2) is 9.71. The monoisotopic (exact) mass is 507 g/mol. The third kappa shape index (κ3) is 4.36. The van der Waals surface area contributed by atoms with Gasteiger partial charge in [0.05, 0.1) is 28.7 Å². The largest absolute Gasteiger partial charge is 0.507 e.